The van der Waals surface area contributed by atoms with Gasteiger partial charge in [0.2, 0.25) is 0 Å². The second-order valence-corrected chi connectivity index (χ2v) is 12.9. The van der Waals surface area contributed by atoms with Crippen LogP contribution in [0.2, 0.25) is 12.1 Å². The summed E-state index contributed by atoms with van der Waals surface area (Å²) in [6.07, 6.45) is 23.7. The van der Waals surface area contributed by atoms with E-state index in [2.05, 4.69) is 34.6 Å². The van der Waals surface area contributed by atoms with Gasteiger partial charge in [-0.3, -0.25) is 0 Å². The Hall–Kier alpha value is 0.137. The van der Waals surface area contributed by atoms with Crippen molar-refractivity contribution in [3.8, 4) is 0 Å². The van der Waals surface area contributed by atoms with E-state index in [1.165, 1.54) is 109 Å². The lowest BCUT2D eigenvalue weighted by atomic mass is 10.0. The first-order valence-electron chi connectivity index (χ1n) is 13.5. The molecule has 0 aliphatic carbocycles. The third-order valence-corrected chi connectivity index (χ3v) is 10.0. The monoisotopic (exact) mass is 428 g/mol. The maximum absolute atomic E-state index is 6.51. The molecule has 0 rings (SSSR count). The summed E-state index contributed by atoms with van der Waals surface area (Å²) >= 11 is 0. The standard InChI is InChI=1S/C26H56O2Si/c1-6-10-12-13-14-15-16-17-18-19-20-21-23-25-27-29(8-3,9-4)28-26(5)24-22-11-7-2/h26H,6-25H2,1-5H3. The van der Waals surface area contributed by atoms with Gasteiger partial charge in [0.05, 0.1) is 0 Å². The molecule has 3 heteroatoms. The van der Waals surface area contributed by atoms with E-state index in [-0.39, 0.29) is 0 Å². The smallest absolute Gasteiger partial charge is 0.337 e. The number of hydrogen-bond donors (Lipinski definition) is 0. The summed E-state index contributed by atoms with van der Waals surface area (Å²) in [4.78, 5) is 0. The van der Waals surface area contributed by atoms with Crippen LogP contribution in [0.5, 0.6) is 0 Å². The Kier molecular flexibility index (Phi) is 21.5. The van der Waals surface area contributed by atoms with Crippen LogP contribution < -0.4 is 0 Å². The minimum absolute atomic E-state index is 0.361. The highest BCUT2D eigenvalue weighted by Crippen LogP contribution is 2.23. The van der Waals surface area contributed by atoms with Crippen molar-refractivity contribution in [3.05, 3.63) is 0 Å². The minimum Gasteiger partial charge on any atom is -0.394 e. The molecule has 0 bridgehead atoms. The molecule has 0 saturated heterocycles. The molecule has 0 N–H and O–H groups in total. The van der Waals surface area contributed by atoms with Crippen molar-refractivity contribution in [2.75, 3.05) is 6.61 Å². The molecule has 0 fully saturated rings. The van der Waals surface area contributed by atoms with Crippen molar-refractivity contribution in [2.45, 2.75) is 162 Å². The van der Waals surface area contributed by atoms with Crippen molar-refractivity contribution >= 4 is 8.56 Å². The Balaban J connectivity index is 3.66. The van der Waals surface area contributed by atoms with Crippen LogP contribution in [0.4, 0.5) is 0 Å². The highest BCUT2D eigenvalue weighted by atomic mass is 28.4. The van der Waals surface area contributed by atoms with Crippen molar-refractivity contribution in [1.82, 2.24) is 0 Å². The summed E-state index contributed by atoms with van der Waals surface area (Å²) in [5.41, 5.74) is 0. The van der Waals surface area contributed by atoms with E-state index in [0.717, 1.165) is 18.7 Å². The van der Waals surface area contributed by atoms with Crippen LogP contribution in [0, 0.1) is 0 Å². The van der Waals surface area contributed by atoms with E-state index >= 15 is 0 Å². The molecule has 1 atom stereocenters. The van der Waals surface area contributed by atoms with Crippen LogP contribution in [0.25, 0.3) is 0 Å². The summed E-state index contributed by atoms with van der Waals surface area (Å²) in [6, 6.07) is 2.17. The first-order chi connectivity index (χ1) is 14.1. The molecule has 0 amide bonds. The predicted octanol–water partition coefficient (Wildman–Crippen LogP) is 9.56. The maximum atomic E-state index is 6.51. The molecule has 176 valence electrons. The molecular formula is C26H56O2Si. The van der Waals surface area contributed by atoms with Gasteiger partial charge in [-0.1, -0.05) is 124 Å². The third kappa shape index (κ3) is 17.5. The third-order valence-electron chi connectivity index (χ3n) is 6.32. The average Bonchev–Trinajstić information content (AvgIpc) is 2.73. The van der Waals surface area contributed by atoms with Gasteiger partial charge in [-0.15, -0.1) is 0 Å². The SMILES string of the molecule is CCCCCCCCCCCCCCCO[Si](CC)(CC)OC(C)CCCCC. The Morgan fingerprint density at radius 3 is 1.41 bits per heavy atom. The second kappa shape index (κ2) is 21.4. The van der Waals surface area contributed by atoms with E-state index in [1.54, 1.807) is 0 Å². The zero-order valence-corrected chi connectivity index (χ0v) is 22.0. The first-order valence-corrected chi connectivity index (χ1v) is 15.7. The molecule has 0 aliphatic rings. The zero-order chi connectivity index (χ0) is 21.6. The van der Waals surface area contributed by atoms with E-state index < -0.39 is 8.56 Å². The molecule has 0 aliphatic heterocycles. The molecule has 29 heavy (non-hydrogen) atoms. The van der Waals surface area contributed by atoms with E-state index in [0.29, 0.717) is 6.10 Å². The Labute approximate surface area is 186 Å². The fraction of sp³-hybridized carbons (Fsp3) is 1.00. The highest BCUT2D eigenvalue weighted by Gasteiger charge is 2.35. The van der Waals surface area contributed by atoms with Crippen LogP contribution in [-0.2, 0) is 8.85 Å². The van der Waals surface area contributed by atoms with Crippen LogP contribution in [0.1, 0.15) is 144 Å². The molecule has 0 saturated carbocycles. The average molecular weight is 429 g/mol. The number of rotatable bonds is 23. The molecule has 0 spiro atoms. The molecule has 2 nitrogen and oxygen atoms in total. The van der Waals surface area contributed by atoms with Crippen LogP contribution in [0.3, 0.4) is 0 Å². The molecule has 0 heterocycles. The fourth-order valence-electron chi connectivity index (χ4n) is 4.14. The maximum Gasteiger partial charge on any atom is 0.337 e. The van der Waals surface area contributed by atoms with Gasteiger partial charge in [-0.2, -0.15) is 0 Å². The lowest BCUT2D eigenvalue weighted by Crippen LogP contribution is -2.43. The van der Waals surface area contributed by atoms with Crippen molar-refractivity contribution in [2.24, 2.45) is 0 Å². The summed E-state index contributed by atoms with van der Waals surface area (Å²) < 4.78 is 12.9. The molecule has 0 radical (unpaired) electrons. The quantitative estimate of drug-likeness (QED) is 0.119. The highest BCUT2D eigenvalue weighted by molar-refractivity contribution is 6.67. The lowest BCUT2D eigenvalue weighted by molar-refractivity contribution is 0.114. The van der Waals surface area contributed by atoms with Gasteiger partial charge in [-0.05, 0) is 31.9 Å². The first kappa shape index (κ1) is 29.1. The van der Waals surface area contributed by atoms with Crippen LogP contribution >= 0.6 is 0 Å². The molecule has 0 aromatic carbocycles. The van der Waals surface area contributed by atoms with Crippen LogP contribution in [-0.4, -0.2) is 21.3 Å². The van der Waals surface area contributed by atoms with Crippen molar-refractivity contribution in [1.29, 1.82) is 0 Å². The van der Waals surface area contributed by atoms with Crippen molar-refractivity contribution in [3.63, 3.8) is 0 Å². The fourth-order valence-corrected chi connectivity index (χ4v) is 6.82. The second-order valence-electron chi connectivity index (χ2n) is 9.13. The largest absolute Gasteiger partial charge is 0.394 e. The van der Waals surface area contributed by atoms with E-state index in [4.69, 9.17) is 8.85 Å². The summed E-state index contributed by atoms with van der Waals surface area (Å²) in [6.45, 7) is 12.2. The van der Waals surface area contributed by atoms with E-state index in [9.17, 15) is 0 Å². The van der Waals surface area contributed by atoms with E-state index in [1.807, 2.05) is 0 Å². The zero-order valence-electron chi connectivity index (χ0n) is 21.0. The van der Waals surface area contributed by atoms with Gasteiger partial charge in [0.25, 0.3) is 0 Å². The van der Waals surface area contributed by atoms with Gasteiger partial charge in [0.1, 0.15) is 0 Å². The molecule has 0 aromatic rings. The summed E-state index contributed by atoms with van der Waals surface area (Å²) in [5, 5.41) is 0. The van der Waals surface area contributed by atoms with Gasteiger partial charge < -0.3 is 8.85 Å². The van der Waals surface area contributed by atoms with Gasteiger partial charge in [0, 0.05) is 12.7 Å². The lowest BCUT2D eigenvalue weighted by Gasteiger charge is -2.32. The predicted molar refractivity (Wildman–Crippen MR) is 133 cm³/mol. The Bertz CT molecular complexity index is 318. The van der Waals surface area contributed by atoms with Gasteiger partial charge in [-0.25, -0.2) is 0 Å². The van der Waals surface area contributed by atoms with Gasteiger partial charge in [0.15, 0.2) is 0 Å². The topological polar surface area (TPSA) is 18.5 Å². The summed E-state index contributed by atoms with van der Waals surface area (Å²) in [7, 11) is -1.97. The Morgan fingerprint density at radius 2 is 0.966 bits per heavy atom. The Morgan fingerprint density at radius 1 is 0.552 bits per heavy atom. The summed E-state index contributed by atoms with van der Waals surface area (Å²) in [5.74, 6) is 0. The molecule has 1 unspecified atom stereocenters. The number of hydrogen-bond acceptors (Lipinski definition) is 2. The molecule has 0 aromatic heterocycles. The van der Waals surface area contributed by atoms with Gasteiger partial charge >= 0.3 is 8.56 Å². The van der Waals surface area contributed by atoms with Crippen LogP contribution in [0.15, 0.2) is 0 Å². The molecular weight excluding hydrogens is 372 g/mol. The van der Waals surface area contributed by atoms with Crippen molar-refractivity contribution < 1.29 is 8.85 Å². The normalized spacial score (nSPS) is 13.1. The number of unbranched alkanes of at least 4 members (excludes halogenated alkanes) is 14. The minimum atomic E-state index is -1.97.